The Bertz CT molecular complexity index is 684. The zero-order chi connectivity index (χ0) is 15.8. The lowest BCUT2D eigenvalue weighted by Crippen LogP contribution is -2.19. The first-order valence-corrected chi connectivity index (χ1v) is 7.47. The van der Waals surface area contributed by atoms with Crippen molar-refractivity contribution in [1.82, 2.24) is 9.55 Å². The number of nitrogen functional groups attached to an aromatic ring is 1. The first-order valence-electron chi connectivity index (χ1n) is 6.68. The third-order valence-corrected chi connectivity index (χ3v) is 3.79. The molecular formula is C16H19BrFN3. The van der Waals surface area contributed by atoms with Gasteiger partial charge in [0.1, 0.15) is 23.2 Å². The third kappa shape index (κ3) is 3.02. The highest BCUT2D eigenvalue weighted by atomic mass is 79.9. The van der Waals surface area contributed by atoms with Gasteiger partial charge in [0, 0.05) is 17.5 Å². The standard InChI is InChI=1S/C16H19BrFN3/c1-5-8-21-14(19)13(20-15(21)16(2,3)4)10-6-7-12(18)11(17)9-10/h5-7,9H,1,8,19H2,2-4H3. The highest BCUT2D eigenvalue weighted by Crippen LogP contribution is 2.33. The summed E-state index contributed by atoms with van der Waals surface area (Å²) in [4.78, 5) is 4.69. The molecule has 0 saturated heterocycles. The highest BCUT2D eigenvalue weighted by Gasteiger charge is 2.25. The molecule has 0 fully saturated rings. The van der Waals surface area contributed by atoms with Crippen LogP contribution < -0.4 is 5.73 Å². The Labute approximate surface area is 132 Å². The maximum atomic E-state index is 13.4. The molecule has 3 nitrogen and oxygen atoms in total. The molecule has 0 aliphatic heterocycles. The largest absolute Gasteiger partial charge is 0.383 e. The van der Waals surface area contributed by atoms with Gasteiger partial charge in [-0.05, 0) is 34.1 Å². The molecular weight excluding hydrogens is 333 g/mol. The van der Waals surface area contributed by atoms with Crippen molar-refractivity contribution in [2.24, 2.45) is 0 Å². The summed E-state index contributed by atoms with van der Waals surface area (Å²) in [5, 5.41) is 0. The van der Waals surface area contributed by atoms with Crippen molar-refractivity contribution in [3.63, 3.8) is 0 Å². The van der Waals surface area contributed by atoms with E-state index >= 15 is 0 Å². The lowest BCUT2D eigenvalue weighted by molar-refractivity contribution is 0.515. The van der Waals surface area contributed by atoms with Crippen molar-refractivity contribution < 1.29 is 4.39 Å². The van der Waals surface area contributed by atoms with Gasteiger partial charge in [-0.2, -0.15) is 0 Å². The molecule has 0 unspecified atom stereocenters. The summed E-state index contributed by atoms with van der Waals surface area (Å²) >= 11 is 3.20. The molecule has 2 N–H and O–H groups in total. The molecule has 0 aliphatic rings. The topological polar surface area (TPSA) is 43.8 Å². The number of nitrogens with zero attached hydrogens (tertiary/aromatic N) is 2. The van der Waals surface area contributed by atoms with Gasteiger partial charge < -0.3 is 10.3 Å². The first kappa shape index (κ1) is 15.8. The SMILES string of the molecule is C=CCn1c(C(C)(C)C)nc(-c2ccc(F)c(Br)c2)c1N. The van der Waals surface area contributed by atoms with Crippen molar-refractivity contribution in [3.05, 3.63) is 47.0 Å². The van der Waals surface area contributed by atoms with Gasteiger partial charge in [-0.1, -0.05) is 26.8 Å². The average molecular weight is 352 g/mol. The number of rotatable bonds is 3. The quantitative estimate of drug-likeness (QED) is 0.826. The number of allylic oxidation sites excluding steroid dienone is 1. The number of benzene rings is 1. The van der Waals surface area contributed by atoms with E-state index in [1.54, 1.807) is 18.2 Å². The second kappa shape index (κ2) is 5.64. The molecule has 2 aromatic rings. The van der Waals surface area contributed by atoms with Gasteiger partial charge in [0.25, 0.3) is 0 Å². The van der Waals surface area contributed by atoms with Crippen LogP contribution in [0.5, 0.6) is 0 Å². The van der Waals surface area contributed by atoms with Crippen molar-refractivity contribution in [2.45, 2.75) is 32.7 Å². The molecule has 0 aliphatic carbocycles. The predicted octanol–water partition coefficient (Wildman–Crippen LogP) is 4.52. The van der Waals surface area contributed by atoms with Crippen LogP contribution in [0.2, 0.25) is 0 Å². The molecule has 0 amide bonds. The van der Waals surface area contributed by atoms with Crippen LogP contribution in [0.1, 0.15) is 26.6 Å². The van der Waals surface area contributed by atoms with E-state index in [0.717, 1.165) is 11.4 Å². The van der Waals surface area contributed by atoms with E-state index in [4.69, 9.17) is 5.73 Å². The Morgan fingerprint density at radius 3 is 2.62 bits per heavy atom. The van der Waals surface area contributed by atoms with Crippen LogP contribution in [0.25, 0.3) is 11.3 Å². The average Bonchev–Trinajstić information content (AvgIpc) is 2.71. The number of hydrogen-bond donors (Lipinski definition) is 1. The zero-order valence-corrected chi connectivity index (χ0v) is 14.0. The van der Waals surface area contributed by atoms with Gasteiger partial charge in [0.15, 0.2) is 0 Å². The maximum Gasteiger partial charge on any atom is 0.137 e. The van der Waals surface area contributed by atoms with Gasteiger partial charge in [-0.3, -0.25) is 0 Å². The summed E-state index contributed by atoms with van der Waals surface area (Å²) in [6.45, 7) is 10.6. The van der Waals surface area contributed by atoms with E-state index in [0.29, 0.717) is 22.5 Å². The Hall–Kier alpha value is -1.62. The minimum atomic E-state index is -0.307. The fourth-order valence-corrected chi connectivity index (χ4v) is 2.59. The van der Waals surface area contributed by atoms with Gasteiger partial charge in [0.2, 0.25) is 0 Å². The lowest BCUT2D eigenvalue weighted by atomic mass is 9.95. The molecule has 0 saturated carbocycles. The van der Waals surface area contributed by atoms with Crippen LogP contribution in [-0.4, -0.2) is 9.55 Å². The fourth-order valence-electron chi connectivity index (χ4n) is 2.21. The van der Waals surface area contributed by atoms with Gasteiger partial charge >= 0.3 is 0 Å². The molecule has 1 heterocycles. The molecule has 21 heavy (non-hydrogen) atoms. The maximum absolute atomic E-state index is 13.4. The molecule has 0 spiro atoms. The van der Waals surface area contributed by atoms with Crippen LogP contribution in [-0.2, 0) is 12.0 Å². The Kier molecular flexibility index (Phi) is 4.23. The van der Waals surface area contributed by atoms with Crippen molar-refractivity contribution in [2.75, 3.05) is 5.73 Å². The minimum Gasteiger partial charge on any atom is -0.383 e. The van der Waals surface area contributed by atoms with Gasteiger partial charge in [0.05, 0.1) is 4.47 Å². The summed E-state index contributed by atoms with van der Waals surface area (Å²) in [5.41, 5.74) is 7.56. The van der Waals surface area contributed by atoms with Crippen molar-refractivity contribution in [1.29, 1.82) is 0 Å². The second-order valence-corrected chi connectivity index (χ2v) is 6.80. The van der Waals surface area contributed by atoms with Crippen LogP contribution in [0.15, 0.2) is 35.3 Å². The summed E-state index contributed by atoms with van der Waals surface area (Å²) in [7, 11) is 0. The normalized spacial score (nSPS) is 11.7. The Morgan fingerprint density at radius 1 is 1.43 bits per heavy atom. The number of hydrogen-bond acceptors (Lipinski definition) is 2. The summed E-state index contributed by atoms with van der Waals surface area (Å²) < 4.78 is 15.7. The van der Waals surface area contributed by atoms with Crippen LogP contribution in [0.4, 0.5) is 10.2 Å². The summed E-state index contributed by atoms with van der Waals surface area (Å²) in [5.74, 6) is 1.15. The smallest absolute Gasteiger partial charge is 0.137 e. The monoisotopic (exact) mass is 351 g/mol. The van der Waals surface area contributed by atoms with E-state index in [-0.39, 0.29) is 11.2 Å². The Balaban J connectivity index is 2.64. The summed E-state index contributed by atoms with van der Waals surface area (Å²) in [6, 6.07) is 4.78. The second-order valence-electron chi connectivity index (χ2n) is 5.95. The Morgan fingerprint density at radius 2 is 2.10 bits per heavy atom. The van der Waals surface area contributed by atoms with Crippen LogP contribution in [0, 0.1) is 5.82 Å². The predicted molar refractivity (Wildman–Crippen MR) is 88.6 cm³/mol. The summed E-state index contributed by atoms with van der Waals surface area (Å²) in [6.07, 6.45) is 1.79. The number of aromatic nitrogens is 2. The van der Waals surface area contributed by atoms with E-state index in [2.05, 4.69) is 48.3 Å². The fraction of sp³-hybridized carbons (Fsp3) is 0.312. The van der Waals surface area contributed by atoms with Gasteiger partial charge in [-0.25, -0.2) is 9.37 Å². The van der Waals surface area contributed by atoms with Crippen LogP contribution >= 0.6 is 15.9 Å². The molecule has 0 bridgehead atoms. The van der Waals surface area contributed by atoms with Gasteiger partial charge in [-0.15, -0.1) is 6.58 Å². The van der Waals surface area contributed by atoms with E-state index in [1.165, 1.54) is 6.07 Å². The van der Waals surface area contributed by atoms with E-state index < -0.39 is 0 Å². The number of anilines is 1. The lowest BCUT2D eigenvalue weighted by Gasteiger charge is -2.19. The minimum absolute atomic E-state index is 0.146. The number of imidazole rings is 1. The molecule has 0 atom stereocenters. The van der Waals surface area contributed by atoms with Crippen molar-refractivity contribution >= 4 is 21.7 Å². The highest BCUT2D eigenvalue weighted by molar-refractivity contribution is 9.10. The molecule has 1 aromatic heterocycles. The van der Waals surface area contributed by atoms with E-state index in [9.17, 15) is 4.39 Å². The molecule has 5 heteroatoms. The first-order chi connectivity index (χ1) is 9.75. The zero-order valence-electron chi connectivity index (χ0n) is 12.5. The van der Waals surface area contributed by atoms with Crippen LogP contribution in [0.3, 0.4) is 0 Å². The molecule has 2 rings (SSSR count). The molecule has 0 radical (unpaired) electrons. The third-order valence-electron chi connectivity index (χ3n) is 3.18. The molecule has 1 aromatic carbocycles. The molecule has 112 valence electrons. The van der Waals surface area contributed by atoms with Crippen molar-refractivity contribution in [3.8, 4) is 11.3 Å². The number of nitrogens with two attached hydrogens (primary N) is 1. The number of halogens is 2. The van der Waals surface area contributed by atoms with E-state index in [1.807, 2.05) is 4.57 Å².